The quantitative estimate of drug-likeness (QED) is 0.604. The summed E-state index contributed by atoms with van der Waals surface area (Å²) in [4.78, 5) is 17.7. The maximum Gasteiger partial charge on any atom is 0.255 e. The Hall–Kier alpha value is -2.93. The van der Waals surface area contributed by atoms with Crippen molar-refractivity contribution >= 4 is 22.6 Å². The number of aryl methyl sites for hydroxylation is 1. The standard InChI is InChI=1S/C25H33N5O2/c1-5-30-23-20(16-28-30)22(29-19-10-12-32-13-11-19)21(15-26-23)24(31)27-14-17-6-8-18(9-7-17)25(2,3)4/h6-9,15-16,19H,5,10-14H2,1-4H3,(H,26,29)(H,27,31). The van der Waals surface area contributed by atoms with Crippen molar-refractivity contribution in [2.45, 2.75) is 65.1 Å². The van der Waals surface area contributed by atoms with Gasteiger partial charge in [0.1, 0.15) is 0 Å². The Bertz CT molecular complexity index is 1080. The molecule has 0 saturated carbocycles. The van der Waals surface area contributed by atoms with E-state index in [0.717, 1.165) is 54.9 Å². The summed E-state index contributed by atoms with van der Waals surface area (Å²) in [5.74, 6) is -0.141. The SMILES string of the molecule is CCn1ncc2c(NC3CCOCC3)c(C(=O)NCc3ccc(C(C)(C)C)cc3)cnc21. The number of aromatic nitrogens is 3. The molecular weight excluding hydrogens is 402 g/mol. The van der Waals surface area contributed by atoms with E-state index in [4.69, 9.17) is 4.74 Å². The molecule has 1 amide bonds. The molecule has 170 valence electrons. The van der Waals surface area contributed by atoms with E-state index in [1.807, 2.05) is 11.6 Å². The van der Waals surface area contributed by atoms with Gasteiger partial charge in [0.25, 0.3) is 5.91 Å². The summed E-state index contributed by atoms with van der Waals surface area (Å²) >= 11 is 0. The van der Waals surface area contributed by atoms with Gasteiger partial charge in [0.15, 0.2) is 5.65 Å². The summed E-state index contributed by atoms with van der Waals surface area (Å²) in [6.07, 6.45) is 5.28. The molecule has 7 heteroatoms. The molecule has 0 unspecified atom stereocenters. The minimum atomic E-state index is -0.141. The predicted octanol–water partition coefficient (Wildman–Crippen LogP) is 4.27. The van der Waals surface area contributed by atoms with Crippen LogP contribution in [0.4, 0.5) is 5.69 Å². The fourth-order valence-corrected chi connectivity index (χ4v) is 4.03. The van der Waals surface area contributed by atoms with Crippen molar-refractivity contribution in [1.29, 1.82) is 0 Å². The molecule has 2 N–H and O–H groups in total. The molecule has 1 aliphatic rings. The zero-order valence-corrected chi connectivity index (χ0v) is 19.4. The van der Waals surface area contributed by atoms with Crippen LogP contribution in [0.5, 0.6) is 0 Å². The summed E-state index contributed by atoms with van der Waals surface area (Å²) in [5, 5.41) is 12.0. The molecule has 1 saturated heterocycles. The number of fused-ring (bicyclic) bond motifs is 1. The lowest BCUT2D eigenvalue weighted by atomic mass is 9.87. The number of amides is 1. The summed E-state index contributed by atoms with van der Waals surface area (Å²) in [6, 6.07) is 8.68. The van der Waals surface area contributed by atoms with Gasteiger partial charge in [-0.2, -0.15) is 5.10 Å². The molecule has 0 bridgehead atoms. The van der Waals surface area contributed by atoms with Crippen LogP contribution in [0.2, 0.25) is 0 Å². The fourth-order valence-electron chi connectivity index (χ4n) is 4.03. The zero-order chi connectivity index (χ0) is 22.7. The second-order valence-corrected chi connectivity index (χ2v) is 9.41. The minimum absolute atomic E-state index is 0.108. The number of anilines is 1. The number of nitrogens with zero attached hydrogens (tertiary/aromatic N) is 3. The van der Waals surface area contributed by atoms with Crippen molar-refractivity contribution in [2.75, 3.05) is 18.5 Å². The number of rotatable bonds is 6. The van der Waals surface area contributed by atoms with Gasteiger partial charge in [0.05, 0.1) is 22.8 Å². The van der Waals surface area contributed by atoms with Gasteiger partial charge in [-0.25, -0.2) is 9.67 Å². The Kier molecular flexibility index (Phi) is 6.46. The highest BCUT2D eigenvalue weighted by Crippen LogP contribution is 2.28. The maximum atomic E-state index is 13.2. The second kappa shape index (κ2) is 9.28. The zero-order valence-electron chi connectivity index (χ0n) is 19.4. The third-order valence-corrected chi connectivity index (χ3v) is 6.05. The number of carbonyl (C=O) groups excluding carboxylic acids is 1. The number of carbonyl (C=O) groups is 1. The minimum Gasteiger partial charge on any atom is -0.381 e. The van der Waals surface area contributed by atoms with Gasteiger partial charge in [0, 0.05) is 38.5 Å². The van der Waals surface area contributed by atoms with Crippen molar-refractivity contribution in [1.82, 2.24) is 20.1 Å². The highest BCUT2D eigenvalue weighted by molar-refractivity contribution is 6.06. The van der Waals surface area contributed by atoms with Gasteiger partial charge in [-0.15, -0.1) is 0 Å². The van der Waals surface area contributed by atoms with Crippen molar-refractivity contribution in [3.8, 4) is 0 Å². The highest BCUT2D eigenvalue weighted by Gasteiger charge is 2.22. The predicted molar refractivity (Wildman–Crippen MR) is 127 cm³/mol. The van der Waals surface area contributed by atoms with Crippen molar-refractivity contribution in [2.24, 2.45) is 0 Å². The van der Waals surface area contributed by atoms with Crippen LogP contribution in [-0.4, -0.2) is 39.9 Å². The molecule has 1 fully saturated rings. The van der Waals surface area contributed by atoms with E-state index in [1.165, 1.54) is 5.56 Å². The van der Waals surface area contributed by atoms with E-state index < -0.39 is 0 Å². The first-order valence-electron chi connectivity index (χ1n) is 11.4. The van der Waals surface area contributed by atoms with E-state index >= 15 is 0 Å². The van der Waals surface area contributed by atoms with Crippen molar-refractivity contribution in [3.05, 3.63) is 53.3 Å². The molecule has 1 aromatic carbocycles. The second-order valence-electron chi connectivity index (χ2n) is 9.41. The smallest absolute Gasteiger partial charge is 0.255 e. The molecule has 0 atom stereocenters. The first-order valence-corrected chi connectivity index (χ1v) is 11.4. The normalized spacial score (nSPS) is 15.1. The molecule has 3 aromatic rings. The molecular formula is C25H33N5O2. The number of hydrogen-bond acceptors (Lipinski definition) is 5. The number of benzene rings is 1. The van der Waals surface area contributed by atoms with Gasteiger partial charge in [-0.05, 0) is 36.3 Å². The molecule has 2 aromatic heterocycles. The average molecular weight is 436 g/mol. The Morgan fingerprint density at radius 3 is 2.53 bits per heavy atom. The number of pyridine rings is 1. The average Bonchev–Trinajstić information content (AvgIpc) is 3.22. The molecule has 0 radical (unpaired) electrons. The molecule has 7 nitrogen and oxygen atoms in total. The van der Waals surface area contributed by atoms with Crippen LogP contribution in [0.3, 0.4) is 0 Å². The Morgan fingerprint density at radius 2 is 1.88 bits per heavy atom. The summed E-state index contributed by atoms with van der Waals surface area (Å²) in [6.45, 7) is 11.3. The van der Waals surface area contributed by atoms with Crippen LogP contribution in [0.15, 0.2) is 36.7 Å². The highest BCUT2D eigenvalue weighted by atomic mass is 16.5. The molecule has 0 spiro atoms. The molecule has 4 rings (SSSR count). The first-order chi connectivity index (χ1) is 15.4. The van der Waals surface area contributed by atoms with Gasteiger partial charge < -0.3 is 15.4 Å². The van der Waals surface area contributed by atoms with Crippen LogP contribution in [-0.2, 0) is 23.2 Å². The van der Waals surface area contributed by atoms with E-state index in [1.54, 1.807) is 12.4 Å². The Morgan fingerprint density at radius 1 is 1.16 bits per heavy atom. The first kappa shape index (κ1) is 22.3. The Labute approximate surface area is 189 Å². The monoisotopic (exact) mass is 435 g/mol. The topological polar surface area (TPSA) is 81.1 Å². The lowest BCUT2D eigenvalue weighted by molar-refractivity contribution is 0.0904. The maximum absolute atomic E-state index is 13.2. The van der Waals surface area contributed by atoms with Crippen LogP contribution in [0, 0.1) is 0 Å². The number of ether oxygens (including phenoxy) is 1. The molecule has 32 heavy (non-hydrogen) atoms. The number of hydrogen-bond donors (Lipinski definition) is 2. The van der Waals surface area contributed by atoms with Gasteiger partial charge in [-0.3, -0.25) is 4.79 Å². The van der Waals surface area contributed by atoms with Crippen molar-refractivity contribution < 1.29 is 9.53 Å². The van der Waals surface area contributed by atoms with Gasteiger partial charge in [0.2, 0.25) is 0 Å². The third-order valence-electron chi connectivity index (χ3n) is 6.05. The van der Waals surface area contributed by atoms with Crippen LogP contribution >= 0.6 is 0 Å². The summed E-state index contributed by atoms with van der Waals surface area (Å²) < 4.78 is 7.34. The van der Waals surface area contributed by atoms with Crippen LogP contribution in [0.25, 0.3) is 11.0 Å². The largest absolute Gasteiger partial charge is 0.381 e. The van der Waals surface area contributed by atoms with E-state index in [9.17, 15) is 4.79 Å². The van der Waals surface area contributed by atoms with Gasteiger partial charge >= 0.3 is 0 Å². The van der Waals surface area contributed by atoms with E-state index in [-0.39, 0.29) is 17.4 Å². The lowest BCUT2D eigenvalue weighted by Gasteiger charge is -2.25. The Balaban J connectivity index is 1.56. The van der Waals surface area contributed by atoms with E-state index in [2.05, 4.69) is 65.8 Å². The number of nitrogens with one attached hydrogen (secondary N) is 2. The third kappa shape index (κ3) is 4.78. The molecule has 0 aliphatic carbocycles. The molecule has 3 heterocycles. The summed E-state index contributed by atoms with van der Waals surface area (Å²) in [5.41, 5.74) is 4.59. The summed E-state index contributed by atoms with van der Waals surface area (Å²) in [7, 11) is 0. The van der Waals surface area contributed by atoms with Crippen molar-refractivity contribution in [3.63, 3.8) is 0 Å². The van der Waals surface area contributed by atoms with Crippen LogP contribution < -0.4 is 10.6 Å². The van der Waals surface area contributed by atoms with Gasteiger partial charge in [-0.1, -0.05) is 45.0 Å². The fraction of sp³-hybridized carbons (Fsp3) is 0.480. The molecule has 1 aliphatic heterocycles. The van der Waals surface area contributed by atoms with E-state index in [0.29, 0.717) is 12.1 Å². The van der Waals surface area contributed by atoms with Crippen LogP contribution in [0.1, 0.15) is 62.0 Å². The lowest BCUT2D eigenvalue weighted by Crippen LogP contribution is -2.30.